The Labute approximate surface area is 140 Å². The van der Waals surface area contributed by atoms with Gasteiger partial charge in [0.05, 0.1) is 12.8 Å². The summed E-state index contributed by atoms with van der Waals surface area (Å²) in [5.74, 6) is -0.268. The number of aromatic nitrogens is 2. The first-order valence-corrected chi connectivity index (χ1v) is 7.42. The minimum absolute atomic E-state index is 0.225. The summed E-state index contributed by atoms with van der Waals surface area (Å²) in [6.45, 7) is 5.40. The summed E-state index contributed by atoms with van der Waals surface area (Å²) in [6.07, 6.45) is 1.23. The average Bonchev–Trinajstić information content (AvgIpc) is 2.87. The van der Waals surface area contributed by atoms with E-state index in [1.807, 2.05) is 0 Å². The Morgan fingerprint density at radius 3 is 2.33 bits per heavy atom. The molecule has 2 aromatic rings. The Kier molecular flexibility index (Phi) is 4.92. The van der Waals surface area contributed by atoms with Gasteiger partial charge in [-0.1, -0.05) is 12.1 Å². The Balaban J connectivity index is 2.12. The van der Waals surface area contributed by atoms with Crippen molar-refractivity contribution in [3.63, 3.8) is 0 Å². The molecular weight excluding hydrogens is 310 g/mol. The van der Waals surface area contributed by atoms with E-state index in [4.69, 9.17) is 4.74 Å². The number of ether oxygens (including phenoxy) is 2. The molecule has 1 aromatic heterocycles. The van der Waals surface area contributed by atoms with Crippen LogP contribution in [-0.4, -0.2) is 34.3 Å². The number of methoxy groups -OCH3 is 1. The van der Waals surface area contributed by atoms with Crippen LogP contribution >= 0.6 is 0 Å². The van der Waals surface area contributed by atoms with Gasteiger partial charge in [-0.2, -0.15) is 0 Å². The standard InChI is InChI=1S/C17H21N3O4/c1-17(2,3)24-16(22)18-12-8-6-11(7-9-12)13-10-20(4)14(19-13)15(21)23-5/h6-10H,1-5H3,(H,18,22). The van der Waals surface area contributed by atoms with Crippen LogP contribution in [0.3, 0.4) is 0 Å². The highest BCUT2D eigenvalue weighted by molar-refractivity contribution is 5.87. The summed E-state index contributed by atoms with van der Waals surface area (Å²) in [7, 11) is 3.04. The number of carbonyl (C=O) groups is 2. The third-order valence-corrected chi connectivity index (χ3v) is 3.07. The third kappa shape index (κ3) is 4.34. The number of nitrogens with one attached hydrogen (secondary N) is 1. The lowest BCUT2D eigenvalue weighted by Crippen LogP contribution is -2.27. The fourth-order valence-electron chi connectivity index (χ4n) is 2.03. The first kappa shape index (κ1) is 17.5. The van der Waals surface area contributed by atoms with Gasteiger partial charge in [0.15, 0.2) is 0 Å². The summed E-state index contributed by atoms with van der Waals surface area (Å²) in [6, 6.07) is 7.09. The van der Waals surface area contributed by atoms with E-state index in [-0.39, 0.29) is 5.82 Å². The van der Waals surface area contributed by atoms with E-state index in [1.165, 1.54) is 7.11 Å². The molecule has 0 atom stereocenters. The van der Waals surface area contributed by atoms with Crippen LogP contribution in [0.25, 0.3) is 11.3 Å². The number of imidazole rings is 1. The summed E-state index contributed by atoms with van der Waals surface area (Å²) >= 11 is 0. The van der Waals surface area contributed by atoms with Gasteiger partial charge in [0.1, 0.15) is 5.60 Å². The molecule has 1 aromatic carbocycles. The highest BCUT2D eigenvalue weighted by atomic mass is 16.6. The summed E-state index contributed by atoms with van der Waals surface area (Å²) in [5, 5.41) is 2.66. The molecular formula is C17H21N3O4. The zero-order valence-corrected chi connectivity index (χ0v) is 14.4. The number of anilines is 1. The molecule has 0 aliphatic heterocycles. The second kappa shape index (κ2) is 6.74. The third-order valence-electron chi connectivity index (χ3n) is 3.07. The van der Waals surface area contributed by atoms with Crippen molar-refractivity contribution < 1.29 is 19.1 Å². The zero-order valence-electron chi connectivity index (χ0n) is 14.4. The van der Waals surface area contributed by atoms with Gasteiger partial charge in [0, 0.05) is 24.5 Å². The van der Waals surface area contributed by atoms with Crippen LogP contribution in [0.4, 0.5) is 10.5 Å². The minimum atomic E-state index is -0.553. The van der Waals surface area contributed by atoms with Crippen LogP contribution < -0.4 is 5.32 Å². The van der Waals surface area contributed by atoms with Crippen LogP contribution in [0.2, 0.25) is 0 Å². The van der Waals surface area contributed by atoms with Gasteiger partial charge in [-0.3, -0.25) is 5.32 Å². The van der Waals surface area contributed by atoms with Gasteiger partial charge >= 0.3 is 12.1 Å². The SMILES string of the molecule is COC(=O)c1nc(-c2ccc(NC(=O)OC(C)(C)C)cc2)cn1C. The fourth-order valence-corrected chi connectivity index (χ4v) is 2.03. The summed E-state index contributed by atoms with van der Waals surface area (Å²) in [4.78, 5) is 27.6. The smallest absolute Gasteiger partial charge is 0.412 e. The number of hydrogen-bond acceptors (Lipinski definition) is 5. The molecule has 1 heterocycles. The first-order valence-electron chi connectivity index (χ1n) is 7.42. The van der Waals surface area contributed by atoms with Gasteiger partial charge in [0.2, 0.25) is 5.82 Å². The number of aryl methyl sites for hydroxylation is 1. The quantitative estimate of drug-likeness (QED) is 0.873. The van der Waals surface area contributed by atoms with Gasteiger partial charge in [-0.15, -0.1) is 0 Å². The first-order chi connectivity index (χ1) is 11.2. The van der Waals surface area contributed by atoms with Crippen molar-refractivity contribution >= 4 is 17.7 Å². The van der Waals surface area contributed by atoms with E-state index in [0.29, 0.717) is 11.4 Å². The maximum Gasteiger partial charge on any atom is 0.412 e. The van der Waals surface area contributed by atoms with Crippen LogP contribution in [0, 0.1) is 0 Å². The van der Waals surface area contributed by atoms with E-state index in [0.717, 1.165) is 5.56 Å². The number of carbonyl (C=O) groups excluding carboxylic acids is 2. The van der Waals surface area contributed by atoms with Gasteiger partial charge < -0.3 is 14.0 Å². The number of hydrogen-bond donors (Lipinski definition) is 1. The van der Waals surface area contributed by atoms with Crippen molar-refractivity contribution in [2.75, 3.05) is 12.4 Å². The molecule has 0 saturated carbocycles. The number of benzene rings is 1. The van der Waals surface area contributed by atoms with E-state index < -0.39 is 17.7 Å². The number of rotatable bonds is 3. The predicted molar refractivity (Wildman–Crippen MR) is 89.8 cm³/mol. The Bertz CT molecular complexity index is 742. The van der Waals surface area contributed by atoms with Gasteiger partial charge in [-0.05, 0) is 32.9 Å². The Morgan fingerprint density at radius 1 is 1.17 bits per heavy atom. The summed E-state index contributed by atoms with van der Waals surface area (Å²) < 4.78 is 11.5. The van der Waals surface area contributed by atoms with Crippen molar-refractivity contribution in [3.8, 4) is 11.3 Å². The van der Waals surface area contributed by atoms with E-state index in [9.17, 15) is 9.59 Å². The second-order valence-corrected chi connectivity index (χ2v) is 6.26. The van der Waals surface area contributed by atoms with Crippen molar-refractivity contribution in [2.24, 2.45) is 7.05 Å². The van der Waals surface area contributed by atoms with Crippen molar-refractivity contribution in [1.29, 1.82) is 0 Å². The van der Waals surface area contributed by atoms with Crippen LogP contribution in [-0.2, 0) is 16.5 Å². The molecule has 128 valence electrons. The second-order valence-electron chi connectivity index (χ2n) is 6.26. The molecule has 1 amide bonds. The number of esters is 1. The van der Waals surface area contributed by atoms with Crippen LogP contribution in [0.15, 0.2) is 30.5 Å². The van der Waals surface area contributed by atoms with Crippen LogP contribution in [0.5, 0.6) is 0 Å². The largest absolute Gasteiger partial charge is 0.463 e. The molecule has 7 heteroatoms. The predicted octanol–water partition coefficient (Wildman–Crippen LogP) is 3.22. The minimum Gasteiger partial charge on any atom is -0.463 e. The maximum absolute atomic E-state index is 11.7. The molecule has 2 rings (SSSR count). The fraction of sp³-hybridized carbons (Fsp3) is 0.353. The van der Waals surface area contributed by atoms with E-state index in [1.54, 1.807) is 62.8 Å². The van der Waals surface area contributed by atoms with Crippen molar-refractivity contribution in [1.82, 2.24) is 9.55 Å². The molecule has 0 unspecified atom stereocenters. The lowest BCUT2D eigenvalue weighted by molar-refractivity contribution is 0.0581. The maximum atomic E-state index is 11.7. The Morgan fingerprint density at radius 2 is 1.79 bits per heavy atom. The number of amides is 1. The monoisotopic (exact) mass is 331 g/mol. The molecule has 0 saturated heterocycles. The van der Waals surface area contributed by atoms with E-state index in [2.05, 4.69) is 15.0 Å². The molecule has 0 bridgehead atoms. The van der Waals surface area contributed by atoms with Crippen molar-refractivity contribution in [3.05, 3.63) is 36.3 Å². The summed E-state index contributed by atoms with van der Waals surface area (Å²) in [5.41, 5.74) is 1.51. The van der Waals surface area contributed by atoms with Crippen LogP contribution in [0.1, 0.15) is 31.4 Å². The topological polar surface area (TPSA) is 82.4 Å². The van der Waals surface area contributed by atoms with Crippen molar-refractivity contribution in [2.45, 2.75) is 26.4 Å². The lowest BCUT2D eigenvalue weighted by Gasteiger charge is -2.19. The molecule has 1 N–H and O–H groups in total. The molecule has 0 fully saturated rings. The highest BCUT2D eigenvalue weighted by Crippen LogP contribution is 2.21. The normalized spacial score (nSPS) is 11.0. The molecule has 24 heavy (non-hydrogen) atoms. The molecule has 7 nitrogen and oxygen atoms in total. The zero-order chi connectivity index (χ0) is 17.9. The number of nitrogens with zero attached hydrogens (tertiary/aromatic N) is 2. The highest BCUT2D eigenvalue weighted by Gasteiger charge is 2.17. The Hall–Kier alpha value is -2.83. The van der Waals surface area contributed by atoms with E-state index >= 15 is 0 Å². The average molecular weight is 331 g/mol. The molecule has 0 radical (unpaired) electrons. The molecule has 0 spiro atoms. The lowest BCUT2D eigenvalue weighted by atomic mass is 10.1. The van der Waals surface area contributed by atoms with Gasteiger partial charge in [-0.25, -0.2) is 14.6 Å². The molecule has 0 aliphatic rings. The molecule has 0 aliphatic carbocycles. The van der Waals surface area contributed by atoms with Gasteiger partial charge in [0.25, 0.3) is 0 Å².